The fourth-order valence-electron chi connectivity index (χ4n) is 2.44. The normalized spacial score (nSPS) is 11.3. The number of hydrogen-bond acceptors (Lipinski definition) is 6. The lowest BCUT2D eigenvalue weighted by atomic mass is 10.2. The fraction of sp³-hybridized carbons (Fsp3) is 0.412. The van der Waals surface area contributed by atoms with Gasteiger partial charge in [0.05, 0.1) is 30.3 Å². The van der Waals surface area contributed by atoms with Crippen LogP contribution in [0.3, 0.4) is 0 Å². The Morgan fingerprint density at radius 3 is 2.88 bits per heavy atom. The molecule has 0 saturated heterocycles. The molecular formula is C17H21N5O2. The Labute approximate surface area is 140 Å². The first-order valence-electron chi connectivity index (χ1n) is 8.04. The number of aliphatic hydroxyl groups excluding tert-OH is 1. The first-order chi connectivity index (χ1) is 11.7. The third-order valence-corrected chi connectivity index (χ3v) is 3.66. The summed E-state index contributed by atoms with van der Waals surface area (Å²) in [6.45, 7) is 4.74. The molecule has 126 valence electrons. The minimum atomic E-state index is 0.0904. The summed E-state index contributed by atoms with van der Waals surface area (Å²) in [7, 11) is 0. The summed E-state index contributed by atoms with van der Waals surface area (Å²) in [6.07, 6.45) is 6.47. The SMILES string of the molecule is CC(C)n1cnc2cnc(Cc3ccnc(OCCCO)n3)cc21. The molecule has 0 aliphatic rings. The van der Waals surface area contributed by atoms with Gasteiger partial charge in [-0.1, -0.05) is 0 Å². The first-order valence-corrected chi connectivity index (χ1v) is 8.04. The van der Waals surface area contributed by atoms with Crippen LogP contribution in [0.15, 0.2) is 30.9 Å². The summed E-state index contributed by atoms with van der Waals surface area (Å²) in [4.78, 5) is 17.3. The molecule has 3 aromatic heterocycles. The maximum absolute atomic E-state index is 8.79. The smallest absolute Gasteiger partial charge is 0.316 e. The Morgan fingerprint density at radius 2 is 2.08 bits per heavy atom. The average molecular weight is 327 g/mol. The van der Waals surface area contributed by atoms with Gasteiger partial charge in [0, 0.05) is 37.4 Å². The predicted octanol–water partition coefficient (Wildman–Crippen LogP) is 2.15. The van der Waals surface area contributed by atoms with Gasteiger partial charge in [-0.05, 0) is 26.0 Å². The standard InChI is InChI=1S/C17H21N5O2/c1-12(2)22-11-20-15-10-19-14(9-16(15)22)8-13-4-5-18-17(21-13)24-7-3-6-23/h4-5,9-12,23H,3,6-8H2,1-2H3. The van der Waals surface area contributed by atoms with Crippen molar-refractivity contribution in [3.63, 3.8) is 0 Å². The summed E-state index contributed by atoms with van der Waals surface area (Å²) < 4.78 is 7.55. The Morgan fingerprint density at radius 1 is 1.21 bits per heavy atom. The van der Waals surface area contributed by atoms with Gasteiger partial charge in [-0.25, -0.2) is 9.97 Å². The van der Waals surface area contributed by atoms with Gasteiger partial charge in [0.15, 0.2) is 0 Å². The summed E-state index contributed by atoms with van der Waals surface area (Å²) in [5.74, 6) is 0. The van der Waals surface area contributed by atoms with E-state index >= 15 is 0 Å². The highest BCUT2D eigenvalue weighted by atomic mass is 16.5. The molecule has 3 heterocycles. The van der Waals surface area contributed by atoms with Crippen LogP contribution in [0.5, 0.6) is 6.01 Å². The molecule has 3 rings (SSSR count). The van der Waals surface area contributed by atoms with Gasteiger partial charge in [-0.3, -0.25) is 4.98 Å². The van der Waals surface area contributed by atoms with Crippen molar-refractivity contribution in [2.75, 3.05) is 13.2 Å². The number of nitrogens with zero attached hydrogens (tertiary/aromatic N) is 5. The van der Waals surface area contributed by atoms with Gasteiger partial charge < -0.3 is 14.4 Å². The first kappa shape index (κ1) is 16.3. The molecule has 0 fully saturated rings. The van der Waals surface area contributed by atoms with E-state index in [1.165, 1.54) is 0 Å². The zero-order valence-corrected chi connectivity index (χ0v) is 13.9. The molecule has 0 bridgehead atoms. The third kappa shape index (κ3) is 3.68. The molecule has 0 unspecified atom stereocenters. The van der Waals surface area contributed by atoms with Crippen LogP contribution in [0, 0.1) is 0 Å². The number of aliphatic hydroxyl groups is 1. The van der Waals surface area contributed by atoms with E-state index < -0.39 is 0 Å². The number of pyridine rings is 1. The topological polar surface area (TPSA) is 86.0 Å². The van der Waals surface area contributed by atoms with Crippen molar-refractivity contribution in [3.05, 3.63) is 42.2 Å². The highest BCUT2D eigenvalue weighted by Gasteiger charge is 2.09. The van der Waals surface area contributed by atoms with Crippen LogP contribution in [0.4, 0.5) is 0 Å². The summed E-state index contributed by atoms with van der Waals surface area (Å²) in [5, 5.41) is 8.79. The average Bonchev–Trinajstić information content (AvgIpc) is 2.99. The van der Waals surface area contributed by atoms with Gasteiger partial charge >= 0.3 is 6.01 Å². The van der Waals surface area contributed by atoms with E-state index in [9.17, 15) is 0 Å². The lowest BCUT2D eigenvalue weighted by Gasteiger charge is -2.09. The largest absolute Gasteiger partial charge is 0.463 e. The summed E-state index contributed by atoms with van der Waals surface area (Å²) >= 11 is 0. The van der Waals surface area contributed by atoms with Crippen molar-refractivity contribution >= 4 is 11.0 Å². The van der Waals surface area contributed by atoms with Crippen LogP contribution in [0.1, 0.15) is 37.7 Å². The van der Waals surface area contributed by atoms with Crippen molar-refractivity contribution < 1.29 is 9.84 Å². The van der Waals surface area contributed by atoms with Crippen LogP contribution in [0.25, 0.3) is 11.0 Å². The molecule has 0 radical (unpaired) electrons. The van der Waals surface area contributed by atoms with Crippen LogP contribution in [-0.4, -0.2) is 42.8 Å². The van der Waals surface area contributed by atoms with Crippen molar-refractivity contribution in [1.82, 2.24) is 24.5 Å². The number of ether oxygens (including phenoxy) is 1. The molecule has 3 aromatic rings. The Balaban J connectivity index is 1.79. The summed E-state index contributed by atoms with van der Waals surface area (Å²) in [5.41, 5.74) is 3.73. The van der Waals surface area contributed by atoms with Crippen LogP contribution in [0.2, 0.25) is 0 Å². The van der Waals surface area contributed by atoms with Crippen molar-refractivity contribution in [2.24, 2.45) is 0 Å². The Bertz CT molecular complexity index is 816. The second kappa shape index (κ2) is 7.35. The molecule has 0 atom stereocenters. The molecule has 0 amide bonds. The molecule has 1 N–H and O–H groups in total. The van der Waals surface area contributed by atoms with E-state index in [0.717, 1.165) is 22.4 Å². The minimum Gasteiger partial charge on any atom is -0.463 e. The van der Waals surface area contributed by atoms with Gasteiger partial charge in [-0.2, -0.15) is 4.98 Å². The van der Waals surface area contributed by atoms with E-state index in [4.69, 9.17) is 9.84 Å². The van der Waals surface area contributed by atoms with Crippen molar-refractivity contribution in [3.8, 4) is 6.01 Å². The predicted molar refractivity (Wildman–Crippen MR) is 89.9 cm³/mol. The molecule has 7 heteroatoms. The minimum absolute atomic E-state index is 0.0904. The number of hydrogen-bond donors (Lipinski definition) is 1. The van der Waals surface area contributed by atoms with Gasteiger partial charge in [-0.15, -0.1) is 0 Å². The maximum Gasteiger partial charge on any atom is 0.316 e. The molecule has 0 aromatic carbocycles. The van der Waals surface area contributed by atoms with Gasteiger partial charge in [0.1, 0.15) is 5.52 Å². The molecule has 24 heavy (non-hydrogen) atoms. The Kier molecular flexibility index (Phi) is 5.00. The number of aromatic nitrogens is 5. The van der Waals surface area contributed by atoms with E-state index in [0.29, 0.717) is 31.5 Å². The number of imidazole rings is 1. The van der Waals surface area contributed by atoms with Crippen LogP contribution in [-0.2, 0) is 6.42 Å². The van der Waals surface area contributed by atoms with Crippen LogP contribution >= 0.6 is 0 Å². The van der Waals surface area contributed by atoms with E-state index in [-0.39, 0.29) is 6.61 Å². The zero-order valence-electron chi connectivity index (χ0n) is 13.9. The van der Waals surface area contributed by atoms with Gasteiger partial charge in [0.25, 0.3) is 0 Å². The highest BCUT2D eigenvalue weighted by Crippen LogP contribution is 2.18. The fourth-order valence-corrected chi connectivity index (χ4v) is 2.44. The second-order valence-electron chi connectivity index (χ2n) is 5.84. The molecule has 7 nitrogen and oxygen atoms in total. The summed E-state index contributed by atoms with van der Waals surface area (Å²) in [6, 6.07) is 4.58. The quantitative estimate of drug-likeness (QED) is 0.669. The van der Waals surface area contributed by atoms with E-state index in [1.807, 2.05) is 12.4 Å². The third-order valence-electron chi connectivity index (χ3n) is 3.66. The Hall–Kier alpha value is -2.54. The molecular weight excluding hydrogens is 306 g/mol. The molecule has 0 saturated carbocycles. The number of rotatable bonds is 7. The van der Waals surface area contributed by atoms with E-state index in [2.05, 4.69) is 44.4 Å². The van der Waals surface area contributed by atoms with E-state index in [1.54, 1.807) is 12.4 Å². The van der Waals surface area contributed by atoms with Crippen LogP contribution < -0.4 is 4.74 Å². The molecule has 0 spiro atoms. The molecule has 0 aliphatic carbocycles. The van der Waals surface area contributed by atoms with Crippen molar-refractivity contribution in [1.29, 1.82) is 0 Å². The van der Waals surface area contributed by atoms with Crippen molar-refractivity contribution in [2.45, 2.75) is 32.7 Å². The van der Waals surface area contributed by atoms with Gasteiger partial charge in [0.2, 0.25) is 0 Å². The zero-order chi connectivity index (χ0) is 16.9. The second-order valence-corrected chi connectivity index (χ2v) is 5.84. The maximum atomic E-state index is 8.79. The lowest BCUT2D eigenvalue weighted by Crippen LogP contribution is -2.05. The highest BCUT2D eigenvalue weighted by molar-refractivity contribution is 5.74. The number of fused-ring (bicyclic) bond motifs is 1. The molecule has 0 aliphatic heterocycles. The lowest BCUT2D eigenvalue weighted by molar-refractivity contribution is 0.224. The monoisotopic (exact) mass is 327 g/mol.